The molecule has 0 saturated carbocycles. The van der Waals surface area contributed by atoms with E-state index in [0.29, 0.717) is 11.1 Å². The number of pyridine rings is 1. The summed E-state index contributed by atoms with van der Waals surface area (Å²) in [4.78, 5) is 16.0. The highest BCUT2D eigenvalue weighted by Gasteiger charge is 2.21. The fraction of sp³-hybridized carbons (Fsp3) is 0.111. The number of hydrogen-bond acceptors (Lipinski definition) is 3. The lowest BCUT2D eigenvalue weighted by Gasteiger charge is -2.15. The Morgan fingerprint density at radius 2 is 1.82 bits per heavy atom. The molecule has 0 aliphatic heterocycles. The first kappa shape index (κ1) is 14.1. The summed E-state index contributed by atoms with van der Waals surface area (Å²) in [5.41, 5.74) is 9.32. The third-order valence-corrected chi connectivity index (χ3v) is 3.80. The number of para-hydroxylation sites is 1. The Morgan fingerprint density at radius 3 is 2.55 bits per heavy atom. The summed E-state index contributed by atoms with van der Waals surface area (Å²) < 4.78 is 0. The molecule has 0 fully saturated rings. The number of benzene rings is 2. The largest absolute Gasteiger partial charge is 0.478 e. The third kappa shape index (κ3) is 2.19. The molecule has 0 aliphatic rings. The zero-order valence-corrected chi connectivity index (χ0v) is 12.2. The van der Waals surface area contributed by atoms with Gasteiger partial charge in [-0.15, -0.1) is 0 Å². The van der Waals surface area contributed by atoms with Crippen molar-refractivity contribution in [1.82, 2.24) is 4.98 Å². The van der Waals surface area contributed by atoms with Crippen molar-refractivity contribution in [3.05, 3.63) is 59.7 Å². The van der Waals surface area contributed by atoms with Crippen LogP contribution in [0, 0.1) is 0 Å². The first-order valence-corrected chi connectivity index (χ1v) is 7.13. The maximum atomic E-state index is 11.7. The van der Waals surface area contributed by atoms with Crippen molar-refractivity contribution in [2.75, 3.05) is 5.73 Å². The lowest BCUT2D eigenvalue weighted by atomic mass is 9.91. The monoisotopic (exact) mass is 292 g/mol. The number of nitrogens with zero attached hydrogens (tertiary/aromatic N) is 1. The second-order valence-corrected chi connectivity index (χ2v) is 5.08. The zero-order valence-electron chi connectivity index (χ0n) is 12.2. The molecule has 3 rings (SSSR count). The highest BCUT2D eigenvalue weighted by atomic mass is 16.4. The van der Waals surface area contributed by atoms with Gasteiger partial charge in [-0.2, -0.15) is 0 Å². The molecule has 1 aromatic heterocycles. The number of aromatic carboxylic acids is 1. The van der Waals surface area contributed by atoms with Crippen LogP contribution in [0.1, 0.15) is 22.8 Å². The van der Waals surface area contributed by atoms with Gasteiger partial charge in [-0.05, 0) is 23.6 Å². The van der Waals surface area contributed by atoms with Gasteiger partial charge in [-0.25, -0.2) is 9.78 Å². The maximum absolute atomic E-state index is 11.7. The van der Waals surface area contributed by atoms with Crippen LogP contribution in [0.15, 0.2) is 48.5 Å². The van der Waals surface area contributed by atoms with Gasteiger partial charge in [0.15, 0.2) is 0 Å². The predicted molar refractivity (Wildman–Crippen MR) is 87.9 cm³/mol. The first-order chi connectivity index (χ1) is 10.6. The van der Waals surface area contributed by atoms with Crippen molar-refractivity contribution in [3.63, 3.8) is 0 Å². The lowest BCUT2D eigenvalue weighted by Crippen LogP contribution is -2.08. The molecule has 0 radical (unpaired) electrons. The summed E-state index contributed by atoms with van der Waals surface area (Å²) >= 11 is 0. The van der Waals surface area contributed by atoms with Gasteiger partial charge < -0.3 is 10.8 Å². The number of anilines is 1. The van der Waals surface area contributed by atoms with Crippen LogP contribution in [0.3, 0.4) is 0 Å². The number of hydrogen-bond donors (Lipinski definition) is 2. The van der Waals surface area contributed by atoms with E-state index in [1.54, 1.807) is 0 Å². The van der Waals surface area contributed by atoms with Crippen LogP contribution in [0.2, 0.25) is 0 Å². The van der Waals surface area contributed by atoms with Crippen molar-refractivity contribution in [1.29, 1.82) is 0 Å². The highest BCUT2D eigenvalue weighted by Crippen LogP contribution is 2.36. The van der Waals surface area contributed by atoms with E-state index in [1.165, 1.54) is 0 Å². The highest BCUT2D eigenvalue weighted by molar-refractivity contribution is 6.10. The summed E-state index contributed by atoms with van der Waals surface area (Å²) in [5, 5.41) is 10.4. The van der Waals surface area contributed by atoms with Crippen molar-refractivity contribution < 1.29 is 9.90 Å². The van der Waals surface area contributed by atoms with Crippen molar-refractivity contribution in [2.45, 2.75) is 13.3 Å². The first-order valence-electron chi connectivity index (χ1n) is 7.13. The van der Waals surface area contributed by atoms with Crippen molar-refractivity contribution >= 4 is 22.7 Å². The Kier molecular flexibility index (Phi) is 3.51. The maximum Gasteiger partial charge on any atom is 0.340 e. The second kappa shape index (κ2) is 5.48. The van der Waals surface area contributed by atoms with E-state index in [0.717, 1.165) is 22.9 Å². The minimum Gasteiger partial charge on any atom is -0.478 e. The SMILES string of the molecule is CCc1ccccc1-c1c(C(=O)O)c(N)nc2ccccc12. The van der Waals surface area contributed by atoms with Gasteiger partial charge in [0.05, 0.1) is 5.52 Å². The number of carbonyl (C=O) groups is 1. The quantitative estimate of drug-likeness (QED) is 0.771. The van der Waals surface area contributed by atoms with Gasteiger partial charge in [0.25, 0.3) is 0 Å². The lowest BCUT2D eigenvalue weighted by molar-refractivity contribution is 0.0698. The molecule has 3 aromatic rings. The third-order valence-electron chi connectivity index (χ3n) is 3.80. The van der Waals surface area contributed by atoms with Crippen LogP contribution >= 0.6 is 0 Å². The minimum absolute atomic E-state index is 0.0482. The molecule has 0 atom stereocenters. The van der Waals surface area contributed by atoms with Gasteiger partial charge in [0, 0.05) is 10.9 Å². The molecule has 0 amide bonds. The van der Waals surface area contributed by atoms with Crippen molar-refractivity contribution in [2.24, 2.45) is 0 Å². The van der Waals surface area contributed by atoms with Crippen molar-refractivity contribution in [3.8, 4) is 11.1 Å². The van der Waals surface area contributed by atoms with E-state index < -0.39 is 5.97 Å². The average Bonchev–Trinajstić information content (AvgIpc) is 2.53. The summed E-state index contributed by atoms with van der Waals surface area (Å²) in [6.07, 6.45) is 0.811. The van der Waals surface area contributed by atoms with Crippen LogP contribution in [-0.4, -0.2) is 16.1 Å². The van der Waals surface area contributed by atoms with Gasteiger partial charge in [-0.3, -0.25) is 0 Å². The molecule has 22 heavy (non-hydrogen) atoms. The smallest absolute Gasteiger partial charge is 0.340 e. The molecule has 0 unspecified atom stereocenters. The summed E-state index contributed by atoms with van der Waals surface area (Å²) in [7, 11) is 0. The molecule has 4 nitrogen and oxygen atoms in total. The van der Waals surface area contributed by atoms with Crippen LogP contribution in [0.4, 0.5) is 5.82 Å². The standard InChI is InChI=1S/C18H16N2O2/c1-2-11-7-3-4-8-12(11)15-13-9-5-6-10-14(13)20-17(19)16(15)18(21)22/h3-10H,2H2,1H3,(H2,19,20)(H,21,22). The Hall–Kier alpha value is -2.88. The molecule has 0 aliphatic carbocycles. The van der Waals surface area contributed by atoms with E-state index in [9.17, 15) is 9.90 Å². The van der Waals surface area contributed by atoms with Crippen LogP contribution in [0.5, 0.6) is 0 Å². The van der Waals surface area contributed by atoms with E-state index in [1.807, 2.05) is 55.5 Å². The number of nitrogens with two attached hydrogens (primary N) is 1. The Balaban J connectivity index is 2.50. The minimum atomic E-state index is -1.06. The van der Waals surface area contributed by atoms with E-state index in [-0.39, 0.29) is 11.4 Å². The summed E-state index contributed by atoms with van der Waals surface area (Å²) in [5.74, 6) is -1.01. The number of fused-ring (bicyclic) bond motifs is 1. The zero-order chi connectivity index (χ0) is 15.7. The Morgan fingerprint density at radius 1 is 1.14 bits per heavy atom. The predicted octanol–water partition coefficient (Wildman–Crippen LogP) is 3.74. The molecule has 4 heteroatoms. The topological polar surface area (TPSA) is 76.2 Å². The van der Waals surface area contributed by atoms with Gasteiger partial charge >= 0.3 is 5.97 Å². The normalized spacial score (nSPS) is 10.8. The number of rotatable bonds is 3. The average molecular weight is 292 g/mol. The Labute approximate surface area is 128 Å². The molecule has 110 valence electrons. The van der Waals surface area contributed by atoms with Gasteiger partial charge in [-0.1, -0.05) is 49.4 Å². The van der Waals surface area contributed by atoms with E-state index >= 15 is 0 Å². The number of nitrogen functional groups attached to an aromatic ring is 1. The number of aromatic nitrogens is 1. The van der Waals surface area contributed by atoms with Gasteiger partial charge in [0.2, 0.25) is 0 Å². The molecule has 3 N–H and O–H groups in total. The van der Waals surface area contributed by atoms with Crippen LogP contribution < -0.4 is 5.73 Å². The molecule has 2 aromatic carbocycles. The number of aryl methyl sites for hydroxylation is 1. The summed E-state index contributed by atoms with van der Waals surface area (Å²) in [6, 6.07) is 15.3. The molecule has 0 bridgehead atoms. The van der Waals surface area contributed by atoms with Gasteiger partial charge in [0.1, 0.15) is 11.4 Å². The fourth-order valence-corrected chi connectivity index (χ4v) is 2.80. The summed E-state index contributed by atoms with van der Waals surface area (Å²) in [6.45, 7) is 2.05. The second-order valence-electron chi connectivity index (χ2n) is 5.08. The van der Waals surface area contributed by atoms with E-state index in [4.69, 9.17) is 5.73 Å². The molecular weight excluding hydrogens is 276 g/mol. The van der Waals surface area contributed by atoms with E-state index in [2.05, 4.69) is 4.98 Å². The molecular formula is C18H16N2O2. The number of carboxylic acid groups (broad SMARTS) is 1. The van der Waals surface area contributed by atoms with Crippen LogP contribution in [0.25, 0.3) is 22.0 Å². The fourth-order valence-electron chi connectivity index (χ4n) is 2.80. The Bertz CT molecular complexity index is 872. The molecule has 0 saturated heterocycles. The van der Waals surface area contributed by atoms with Crippen LogP contribution in [-0.2, 0) is 6.42 Å². The number of carboxylic acids is 1. The molecule has 1 heterocycles. The molecule has 0 spiro atoms.